The molecule has 0 aromatic heterocycles. The molecule has 0 radical (unpaired) electrons. The average molecular weight is 251 g/mol. The average Bonchev–Trinajstić information content (AvgIpc) is 2.39. The molecule has 1 atom stereocenters. The van der Waals surface area contributed by atoms with Gasteiger partial charge in [0.15, 0.2) is 6.10 Å². The van der Waals surface area contributed by atoms with Gasteiger partial charge in [0.1, 0.15) is 0 Å². The summed E-state index contributed by atoms with van der Waals surface area (Å²) in [5, 5.41) is 3.05. The minimum absolute atomic E-state index is 0.294. The molecule has 0 aliphatic carbocycles. The maximum absolute atomic E-state index is 11.7. The SMILES string of the molecule is CCOC(=O)C(Cc1ccc(NC)cc1)OCC. The Balaban J connectivity index is 2.66. The molecule has 100 valence electrons. The third-order valence-corrected chi connectivity index (χ3v) is 2.58. The fraction of sp³-hybridized carbons (Fsp3) is 0.500. The molecule has 0 saturated heterocycles. The first-order valence-electron chi connectivity index (χ1n) is 6.26. The summed E-state index contributed by atoms with van der Waals surface area (Å²) in [6.07, 6.45) is 0.0202. The number of hydrogen-bond acceptors (Lipinski definition) is 4. The number of nitrogens with one attached hydrogen (secondary N) is 1. The molecule has 1 aromatic rings. The first kappa shape index (κ1) is 14.5. The molecule has 0 bridgehead atoms. The number of hydrogen-bond donors (Lipinski definition) is 1. The van der Waals surface area contributed by atoms with Crippen molar-refractivity contribution in [3.63, 3.8) is 0 Å². The molecule has 18 heavy (non-hydrogen) atoms. The molecule has 0 aliphatic heterocycles. The summed E-state index contributed by atoms with van der Waals surface area (Å²) in [6.45, 7) is 4.54. The number of rotatable bonds is 7. The monoisotopic (exact) mass is 251 g/mol. The Morgan fingerprint density at radius 1 is 1.22 bits per heavy atom. The Morgan fingerprint density at radius 2 is 1.89 bits per heavy atom. The van der Waals surface area contributed by atoms with Gasteiger partial charge in [-0.2, -0.15) is 0 Å². The van der Waals surface area contributed by atoms with E-state index in [-0.39, 0.29) is 5.97 Å². The highest BCUT2D eigenvalue weighted by Crippen LogP contribution is 2.12. The second kappa shape index (κ2) is 7.71. The topological polar surface area (TPSA) is 47.6 Å². The van der Waals surface area contributed by atoms with E-state index in [1.807, 2.05) is 38.2 Å². The molecule has 1 aromatic carbocycles. The summed E-state index contributed by atoms with van der Waals surface area (Å²) in [6, 6.07) is 7.92. The number of esters is 1. The van der Waals surface area contributed by atoms with Crippen LogP contribution in [0.5, 0.6) is 0 Å². The van der Waals surface area contributed by atoms with Crippen molar-refractivity contribution < 1.29 is 14.3 Å². The highest BCUT2D eigenvalue weighted by Gasteiger charge is 2.20. The van der Waals surface area contributed by atoms with Crippen molar-refractivity contribution in [3.8, 4) is 0 Å². The minimum atomic E-state index is -0.518. The van der Waals surface area contributed by atoms with Gasteiger partial charge in [-0.1, -0.05) is 12.1 Å². The van der Waals surface area contributed by atoms with Gasteiger partial charge in [0.05, 0.1) is 6.61 Å². The van der Waals surface area contributed by atoms with Gasteiger partial charge in [-0.25, -0.2) is 4.79 Å². The van der Waals surface area contributed by atoms with Crippen molar-refractivity contribution in [3.05, 3.63) is 29.8 Å². The summed E-state index contributed by atoms with van der Waals surface area (Å²) in [5.41, 5.74) is 2.10. The van der Waals surface area contributed by atoms with E-state index in [0.29, 0.717) is 19.6 Å². The van der Waals surface area contributed by atoms with E-state index >= 15 is 0 Å². The lowest BCUT2D eigenvalue weighted by Gasteiger charge is -2.15. The van der Waals surface area contributed by atoms with Crippen LogP contribution >= 0.6 is 0 Å². The van der Waals surface area contributed by atoms with Crippen LogP contribution in [0, 0.1) is 0 Å². The fourth-order valence-corrected chi connectivity index (χ4v) is 1.67. The molecule has 0 saturated carbocycles. The van der Waals surface area contributed by atoms with Crippen LogP contribution in [0.15, 0.2) is 24.3 Å². The zero-order valence-electron chi connectivity index (χ0n) is 11.2. The van der Waals surface area contributed by atoms with E-state index < -0.39 is 6.10 Å². The summed E-state index contributed by atoms with van der Waals surface area (Å²) in [7, 11) is 1.87. The van der Waals surface area contributed by atoms with Crippen molar-refractivity contribution in [2.75, 3.05) is 25.6 Å². The Kier molecular flexibility index (Phi) is 6.22. The summed E-state index contributed by atoms with van der Waals surface area (Å²) in [4.78, 5) is 11.7. The molecular weight excluding hydrogens is 230 g/mol. The largest absolute Gasteiger partial charge is 0.464 e. The van der Waals surface area contributed by atoms with Crippen LogP contribution in [0.3, 0.4) is 0 Å². The first-order valence-corrected chi connectivity index (χ1v) is 6.26. The van der Waals surface area contributed by atoms with Gasteiger partial charge in [0, 0.05) is 25.8 Å². The fourth-order valence-electron chi connectivity index (χ4n) is 1.67. The Morgan fingerprint density at radius 3 is 2.39 bits per heavy atom. The number of ether oxygens (including phenoxy) is 2. The summed E-state index contributed by atoms with van der Waals surface area (Å²) in [5.74, 6) is -0.294. The summed E-state index contributed by atoms with van der Waals surface area (Å²) < 4.78 is 10.4. The molecule has 1 unspecified atom stereocenters. The normalized spacial score (nSPS) is 11.9. The van der Waals surface area contributed by atoms with Crippen molar-refractivity contribution in [1.29, 1.82) is 0 Å². The second-order valence-corrected chi connectivity index (χ2v) is 3.85. The Hall–Kier alpha value is -1.55. The van der Waals surface area contributed by atoms with Crippen LogP contribution in [0.2, 0.25) is 0 Å². The van der Waals surface area contributed by atoms with Gasteiger partial charge in [-0.05, 0) is 31.5 Å². The first-order chi connectivity index (χ1) is 8.71. The van der Waals surface area contributed by atoms with Gasteiger partial charge in [-0.15, -0.1) is 0 Å². The number of carbonyl (C=O) groups is 1. The molecule has 0 fully saturated rings. The molecular formula is C14H21NO3. The van der Waals surface area contributed by atoms with E-state index in [9.17, 15) is 4.79 Å². The molecule has 1 N–H and O–H groups in total. The van der Waals surface area contributed by atoms with E-state index in [1.165, 1.54) is 0 Å². The standard InChI is InChI=1S/C14H21NO3/c1-4-17-13(14(16)18-5-2)10-11-6-8-12(15-3)9-7-11/h6-9,13,15H,4-5,10H2,1-3H3. The highest BCUT2D eigenvalue weighted by atomic mass is 16.6. The van der Waals surface area contributed by atoms with E-state index in [4.69, 9.17) is 9.47 Å². The molecule has 1 rings (SSSR count). The van der Waals surface area contributed by atoms with Crippen LogP contribution < -0.4 is 5.32 Å². The Labute approximate surface area is 108 Å². The van der Waals surface area contributed by atoms with Crippen LogP contribution in [0.25, 0.3) is 0 Å². The van der Waals surface area contributed by atoms with E-state index in [0.717, 1.165) is 11.3 Å². The number of anilines is 1. The van der Waals surface area contributed by atoms with Gasteiger partial charge in [0.2, 0.25) is 0 Å². The summed E-state index contributed by atoms with van der Waals surface area (Å²) >= 11 is 0. The lowest BCUT2D eigenvalue weighted by Crippen LogP contribution is -2.28. The predicted molar refractivity (Wildman–Crippen MR) is 71.7 cm³/mol. The molecule has 4 nitrogen and oxygen atoms in total. The lowest BCUT2D eigenvalue weighted by molar-refractivity contribution is -0.156. The smallest absolute Gasteiger partial charge is 0.335 e. The van der Waals surface area contributed by atoms with Crippen molar-refractivity contribution in [2.45, 2.75) is 26.4 Å². The maximum Gasteiger partial charge on any atom is 0.335 e. The van der Waals surface area contributed by atoms with Gasteiger partial charge < -0.3 is 14.8 Å². The number of benzene rings is 1. The molecule has 0 heterocycles. The molecule has 0 amide bonds. The zero-order chi connectivity index (χ0) is 13.4. The zero-order valence-corrected chi connectivity index (χ0v) is 11.2. The number of carbonyl (C=O) groups excluding carboxylic acids is 1. The van der Waals surface area contributed by atoms with Crippen LogP contribution in [-0.2, 0) is 20.7 Å². The predicted octanol–water partition coefficient (Wildman–Crippen LogP) is 2.24. The second-order valence-electron chi connectivity index (χ2n) is 3.85. The molecule has 0 spiro atoms. The quantitative estimate of drug-likeness (QED) is 0.755. The van der Waals surface area contributed by atoms with E-state index in [2.05, 4.69) is 5.32 Å². The highest BCUT2D eigenvalue weighted by molar-refractivity contribution is 5.75. The van der Waals surface area contributed by atoms with E-state index in [1.54, 1.807) is 6.92 Å². The minimum Gasteiger partial charge on any atom is -0.464 e. The van der Waals surface area contributed by atoms with Gasteiger partial charge in [-0.3, -0.25) is 0 Å². The van der Waals surface area contributed by atoms with Gasteiger partial charge in [0.25, 0.3) is 0 Å². The van der Waals surface area contributed by atoms with Crippen molar-refractivity contribution >= 4 is 11.7 Å². The molecule has 4 heteroatoms. The third-order valence-electron chi connectivity index (χ3n) is 2.58. The van der Waals surface area contributed by atoms with Gasteiger partial charge >= 0.3 is 5.97 Å². The Bertz CT molecular complexity index is 362. The van der Waals surface area contributed by atoms with Crippen LogP contribution in [-0.4, -0.2) is 32.3 Å². The van der Waals surface area contributed by atoms with Crippen LogP contribution in [0.1, 0.15) is 19.4 Å². The van der Waals surface area contributed by atoms with Crippen LogP contribution in [0.4, 0.5) is 5.69 Å². The third kappa shape index (κ3) is 4.37. The lowest BCUT2D eigenvalue weighted by atomic mass is 10.1. The maximum atomic E-state index is 11.7. The molecule has 0 aliphatic rings. The van der Waals surface area contributed by atoms with Crippen molar-refractivity contribution in [2.24, 2.45) is 0 Å². The van der Waals surface area contributed by atoms with Crippen molar-refractivity contribution in [1.82, 2.24) is 0 Å².